The van der Waals surface area contributed by atoms with Gasteiger partial charge in [-0.15, -0.1) is 11.3 Å². The summed E-state index contributed by atoms with van der Waals surface area (Å²) in [7, 11) is 0. The molecule has 8 aromatic carbocycles. The van der Waals surface area contributed by atoms with Crippen LogP contribution in [0.4, 0.5) is 17.1 Å². The Hall–Kier alpha value is -6.16. The van der Waals surface area contributed by atoms with Gasteiger partial charge in [0.05, 0.1) is 34.4 Å². The maximum atomic E-state index is 9.71. The molecule has 0 N–H and O–H groups in total. The molecule has 0 radical (unpaired) electrons. The van der Waals surface area contributed by atoms with Crippen molar-refractivity contribution < 1.29 is 27.7 Å². The maximum Gasteiger partial charge on any atom is 0.143 e. The molecule has 2 nitrogen and oxygen atoms in total. The standard InChI is InChI=1S/C46H29NOS/c1-2-10-30(11-3-1)31-20-25-34(26-21-31)47(41-17-9-18-42-44(41)40-29-24-32-12-4-5-13-36(32)45(40)48-42)35-27-22-33(23-28-35)37-15-8-16-39-38-14-6-7-19-43(38)49-46(37)39/h1-29H/i4D,5D,9D,12D,13D,17D,18D,20D,21D,22D,23D,24D,25D,26D,27D,28D,29D. The van der Waals surface area contributed by atoms with Gasteiger partial charge in [0.15, 0.2) is 0 Å². The number of nitrogens with zero attached hydrogens (tertiary/aromatic N) is 1. The van der Waals surface area contributed by atoms with Crippen molar-refractivity contribution in [2.75, 3.05) is 4.90 Å². The van der Waals surface area contributed by atoms with Crippen LogP contribution >= 0.6 is 11.3 Å². The predicted octanol–water partition coefficient (Wildman–Crippen LogP) is 13.9. The molecule has 0 saturated heterocycles. The Morgan fingerprint density at radius 3 is 2.08 bits per heavy atom. The average molecular weight is 661 g/mol. The highest BCUT2D eigenvalue weighted by molar-refractivity contribution is 7.26. The summed E-state index contributed by atoms with van der Waals surface area (Å²) in [5.74, 6) is 0. The number of fused-ring (bicyclic) bond motifs is 8. The molecule has 2 aromatic heterocycles. The third-order valence-corrected chi connectivity index (χ3v) is 9.58. The average Bonchev–Trinajstić information content (AvgIpc) is 3.90. The molecule has 0 saturated carbocycles. The van der Waals surface area contributed by atoms with E-state index in [1.165, 1.54) is 11.3 Å². The van der Waals surface area contributed by atoms with Gasteiger partial charge in [-0.2, -0.15) is 0 Å². The second-order valence-electron chi connectivity index (χ2n) is 11.2. The van der Waals surface area contributed by atoms with Gasteiger partial charge < -0.3 is 9.32 Å². The largest absolute Gasteiger partial charge is 0.455 e. The lowest BCUT2D eigenvalue weighted by Gasteiger charge is -2.26. The molecule has 10 aromatic rings. The summed E-state index contributed by atoms with van der Waals surface area (Å²) in [5.41, 5.74) is -2.53. The third-order valence-electron chi connectivity index (χ3n) is 8.36. The number of rotatable bonds is 5. The summed E-state index contributed by atoms with van der Waals surface area (Å²) < 4.78 is 164. The fraction of sp³-hybridized carbons (Fsp3) is 0. The van der Waals surface area contributed by atoms with E-state index in [-0.39, 0.29) is 21.9 Å². The van der Waals surface area contributed by atoms with E-state index in [4.69, 9.17) is 14.0 Å². The molecule has 49 heavy (non-hydrogen) atoms. The smallest absolute Gasteiger partial charge is 0.143 e. The van der Waals surface area contributed by atoms with Crippen LogP contribution in [0.5, 0.6) is 0 Å². The van der Waals surface area contributed by atoms with E-state index in [2.05, 4.69) is 0 Å². The van der Waals surface area contributed by atoms with Crippen LogP contribution in [0.1, 0.15) is 23.3 Å². The molecular weight excluding hydrogens is 615 g/mol. The summed E-state index contributed by atoms with van der Waals surface area (Å²) in [4.78, 5) is 0.796. The Bertz CT molecular complexity index is 3750. The normalized spacial score (nSPS) is 16.5. The first-order valence-electron chi connectivity index (χ1n) is 23.7. The van der Waals surface area contributed by atoms with Crippen LogP contribution in [0.15, 0.2) is 180 Å². The van der Waals surface area contributed by atoms with Crippen LogP contribution in [0.25, 0.3) is 75.1 Å². The Kier molecular flexibility index (Phi) is 3.63. The summed E-state index contributed by atoms with van der Waals surface area (Å²) in [6.07, 6.45) is 0. The van der Waals surface area contributed by atoms with Gasteiger partial charge in [-0.25, -0.2) is 0 Å². The van der Waals surface area contributed by atoms with Crippen molar-refractivity contribution >= 4 is 81.3 Å². The number of anilines is 3. The first-order valence-corrected chi connectivity index (χ1v) is 16.0. The lowest BCUT2D eigenvalue weighted by molar-refractivity contribution is 0.672. The Morgan fingerprint density at radius 1 is 0.510 bits per heavy atom. The fourth-order valence-corrected chi connectivity index (χ4v) is 7.34. The Morgan fingerprint density at radius 2 is 1.24 bits per heavy atom. The molecule has 0 spiro atoms. The molecule has 10 rings (SSSR count). The number of hydrogen-bond donors (Lipinski definition) is 0. The summed E-state index contributed by atoms with van der Waals surface area (Å²) in [6, 6.07) is 9.06. The van der Waals surface area contributed by atoms with Gasteiger partial charge >= 0.3 is 0 Å². The minimum atomic E-state index is -0.865. The van der Waals surface area contributed by atoms with E-state index in [0.29, 0.717) is 15.8 Å². The molecule has 0 bridgehead atoms. The van der Waals surface area contributed by atoms with Crippen LogP contribution in [0.3, 0.4) is 0 Å². The summed E-state index contributed by atoms with van der Waals surface area (Å²) in [6.45, 7) is 0. The molecule has 0 fully saturated rings. The number of hydrogen-bond acceptors (Lipinski definition) is 3. The van der Waals surface area contributed by atoms with Gasteiger partial charge in [-0.05, 0) is 76.0 Å². The van der Waals surface area contributed by atoms with Crippen molar-refractivity contribution in [3.63, 3.8) is 0 Å². The quantitative estimate of drug-likeness (QED) is 0.183. The zero-order valence-electron chi connectivity index (χ0n) is 42.2. The van der Waals surface area contributed by atoms with Gasteiger partial charge in [0.2, 0.25) is 0 Å². The zero-order chi connectivity index (χ0) is 47.1. The van der Waals surface area contributed by atoms with Crippen LogP contribution in [-0.4, -0.2) is 0 Å². The first-order chi connectivity index (χ1) is 31.4. The fourth-order valence-electron chi connectivity index (χ4n) is 6.12. The molecule has 2 heterocycles. The molecule has 3 heteroatoms. The summed E-state index contributed by atoms with van der Waals surface area (Å²) in [5, 5.41) is 0.152. The van der Waals surface area contributed by atoms with Crippen molar-refractivity contribution in [2.24, 2.45) is 0 Å². The van der Waals surface area contributed by atoms with Crippen LogP contribution in [0, 0.1) is 0 Å². The molecule has 0 unspecified atom stereocenters. The van der Waals surface area contributed by atoms with Gasteiger partial charge in [-0.3, -0.25) is 0 Å². The molecule has 0 atom stereocenters. The van der Waals surface area contributed by atoms with Crippen molar-refractivity contribution in [3.05, 3.63) is 176 Å². The monoisotopic (exact) mass is 660 g/mol. The highest BCUT2D eigenvalue weighted by Crippen LogP contribution is 2.45. The van der Waals surface area contributed by atoms with Crippen LogP contribution < -0.4 is 4.90 Å². The predicted molar refractivity (Wildman–Crippen MR) is 210 cm³/mol. The number of furan rings is 1. The second kappa shape index (κ2) is 11.2. The second-order valence-corrected chi connectivity index (χ2v) is 12.2. The van der Waals surface area contributed by atoms with Crippen molar-refractivity contribution in [2.45, 2.75) is 0 Å². The zero-order valence-corrected chi connectivity index (χ0v) is 26.0. The van der Waals surface area contributed by atoms with E-state index in [0.717, 1.165) is 20.4 Å². The van der Waals surface area contributed by atoms with Gasteiger partial charge in [0, 0.05) is 42.3 Å². The van der Waals surface area contributed by atoms with E-state index >= 15 is 0 Å². The lowest BCUT2D eigenvalue weighted by Crippen LogP contribution is -2.10. The molecule has 230 valence electrons. The number of thiophene rings is 1. The number of benzene rings is 8. The van der Waals surface area contributed by atoms with Crippen molar-refractivity contribution in [3.8, 4) is 22.3 Å². The molecular formula is C46H29NOS. The topological polar surface area (TPSA) is 16.4 Å². The molecule has 0 aliphatic carbocycles. The Balaban J connectivity index is 1.40. The molecule has 0 aliphatic rings. The van der Waals surface area contributed by atoms with E-state index in [1.54, 1.807) is 42.5 Å². The van der Waals surface area contributed by atoms with E-state index in [9.17, 15) is 13.7 Å². The SMILES string of the molecule is [2H]c1c([2H])c(N(c2c([2H])c([2H])c(-c3cccc4c3sc3ccccc34)c([2H])c2[2H])c2c([2H])c([2H])c([2H])c3oc4c5c([2H])c([2H])c([2H])c([2H])c5c([2H])c([2H])c4c23)c([2H])c([2H])c1-c1ccccc1. The highest BCUT2D eigenvalue weighted by Gasteiger charge is 2.21. The minimum absolute atomic E-state index is 0.106. The van der Waals surface area contributed by atoms with Crippen molar-refractivity contribution in [1.29, 1.82) is 0 Å². The maximum absolute atomic E-state index is 9.71. The lowest BCUT2D eigenvalue weighted by atomic mass is 10.0. The Labute approximate surface area is 311 Å². The van der Waals surface area contributed by atoms with Crippen molar-refractivity contribution in [1.82, 2.24) is 0 Å². The van der Waals surface area contributed by atoms with Crippen LogP contribution in [-0.2, 0) is 0 Å². The summed E-state index contributed by atoms with van der Waals surface area (Å²) >= 11 is 1.39. The molecule has 0 amide bonds. The highest BCUT2D eigenvalue weighted by atomic mass is 32.1. The van der Waals surface area contributed by atoms with E-state index in [1.807, 2.05) is 30.3 Å². The minimum Gasteiger partial charge on any atom is -0.455 e. The van der Waals surface area contributed by atoms with Gasteiger partial charge in [-0.1, -0.05) is 127 Å². The van der Waals surface area contributed by atoms with Crippen LogP contribution in [0.2, 0.25) is 0 Å². The van der Waals surface area contributed by atoms with E-state index < -0.39 is 142 Å². The van der Waals surface area contributed by atoms with Gasteiger partial charge in [0.25, 0.3) is 0 Å². The third kappa shape index (κ3) is 4.55. The van der Waals surface area contributed by atoms with Gasteiger partial charge in [0.1, 0.15) is 11.2 Å². The first kappa shape index (κ1) is 15.8. The molecule has 0 aliphatic heterocycles.